The number of likely N-dealkylation sites (tertiary alicyclic amines) is 1. The van der Waals surface area contributed by atoms with Crippen LogP contribution in [0.15, 0.2) is 0 Å². The second-order valence-corrected chi connectivity index (χ2v) is 6.67. The van der Waals surface area contributed by atoms with Crippen molar-refractivity contribution in [2.45, 2.75) is 40.0 Å². The number of nitrogens with zero attached hydrogens (tertiary/aromatic N) is 1. The monoisotopic (exact) mass is 225 g/mol. The molecule has 1 atom stereocenters. The third kappa shape index (κ3) is 3.21. The summed E-state index contributed by atoms with van der Waals surface area (Å²) in [6.45, 7) is 13.0. The first-order valence-electron chi connectivity index (χ1n) is 6.86. The van der Waals surface area contributed by atoms with Crippen molar-refractivity contribution in [3.63, 3.8) is 0 Å². The SMILES string of the molecule is CC(C)(C)C1CCN(CC2CCOC2)CC1. The van der Waals surface area contributed by atoms with Gasteiger partial charge in [0.05, 0.1) is 6.61 Å². The fraction of sp³-hybridized carbons (Fsp3) is 1.00. The van der Waals surface area contributed by atoms with E-state index in [9.17, 15) is 0 Å². The fourth-order valence-electron chi connectivity index (χ4n) is 3.07. The van der Waals surface area contributed by atoms with Gasteiger partial charge >= 0.3 is 0 Å². The van der Waals surface area contributed by atoms with E-state index < -0.39 is 0 Å². The summed E-state index contributed by atoms with van der Waals surface area (Å²) in [4.78, 5) is 2.65. The number of rotatable bonds is 2. The van der Waals surface area contributed by atoms with Crippen molar-refractivity contribution in [2.75, 3.05) is 32.8 Å². The van der Waals surface area contributed by atoms with Gasteiger partial charge in [-0.2, -0.15) is 0 Å². The van der Waals surface area contributed by atoms with Gasteiger partial charge in [-0.3, -0.25) is 0 Å². The molecule has 0 radical (unpaired) electrons. The maximum Gasteiger partial charge on any atom is 0.0507 e. The number of hydrogen-bond donors (Lipinski definition) is 0. The van der Waals surface area contributed by atoms with Gasteiger partial charge in [-0.05, 0) is 49.6 Å². The third-order valence-electron chi connectivity index (χ3n) is 4.35. The van der Waals surface area contributed by atoms with Crippen LogP contribution in [-0.2, 0) is 4.74 Å². The maximum atomic E-state index is 5.45. The molecule has 0 aromatic rings. The Kier molecular flexibility index (Phi) is 3.91. The van der Waals surface area contributed by atoms with Crippen LogP contribution in [0, 0.1) is 17.3 Å². The van der Waals surface area contributed by atoms with E-state index in [4.69, 9.17) is 4.74 Å². The minimum atomic E-state index is 0.503. The van der Waals surface area contributed by atoms with Crippen LogP contribution in [0.25, 0.3) is 0 Å². The Hall–Kier alpha value is -0.0800. The van der Waals surface area contributed by atoms with Gasteiger partial charge in [-0.25, -0.2) is 0 Å². The first-order chi connectivity index (χ1) is 7.55. The predicted molar refractivity (Wildman–Crippen MR) is 67.5 cm³/mol. The Balaban J connectivity index is 1.72. The van der Waals surface area contributed by atoms with Crippen LogP contribution in [-0.4, -0.2) is 37.7 Å². The lowest BCUT2D eigenvalue weighted by Crippen LogP contribution is -2.40. The summed E-state index contributed by atoms with van der Waals surface area (Å²) in [5.41, 5.74) is 0.503. The average molecular weight is 225 g/mol. The molecule has 0 N–H and O–H groups in total. The van der Waals surface area contributed by atoms with Crippen molar-refractivity contribution in [3.05, 3.63) is 0 Å². The summed E-state index contributed by atoms with van der Waals surface area (Å²) in [7, 11) is 0. The molecule has 0 saturated carbocycles. The van der Waals surface area contributed by atoms with Gasteiger partial charge in [0, 0.05) is 13.2 Å². The topological polar surface area (TPSA) is 12.5 Å². The lowest BCUT2D eigenvalue weighted by Gasteiger charge is -2.39. The molecular formula is C14H27NO. The average Bonchev–Trinajstić information content (AvgIpc) is 2.70. The molecule has 0 spiro atoms. The van der Waals surface area contributed by atoms with Gasteiger partial charge in [-0.1, -0.05) is 20.8 Å². The molecule has 0 aromatic carbocycles. The number of piperidine rings is 1. The van der Waals surface area contributed by atoms with Crippen LogP contribution in [0.5, 0.6) is 0 Å². The molecule has 2 aliphatic heterocycles. The molecular weight excluding hydrogens is 198 g/mol. The standard InChI is InChI=1S/C14H27NO/c1-14(2,3)13-4-7-15(8-5-13)10-12-6-9-16-11-12/h12-13H,4-11H2,1-3H3. The van der Waals surface area contributed by atoms with E-state index in [0.717, 1.165) is 25.0 Å². The lowest BCUT2D eigenvalue weighted by molar-refractivity contribution is 0.0965. The van der Waals surface area contributed by atoms with Gasteiger partial charge in [0.1, 0.15) is 0 Å². The van der Waals surface area contributed by atoms with Crippen molar-refractivity contribution in [1.29, 1.82) is 0 Å². The highest BCUT2D eigenvalue weighted by molar-refractivity contribution is 4.82. The zero-order chi connectivity index (χ0) is 11.6. The minimum Gasteiger partial charge on any atom is -0.381 e. The highest BCUT2D eigenvalue weighted by Gasteiger charge is 2.29. The molecule has 0 aliphatic carbocycles. The first kappa shape index (κ1) is 12.4. The van der Waals surface area contributed by atoms with E-state index in [2.05, 4.69) is 25.7 Å². The predicted octanol–water partition coefficient (Wildman–Crippen LogP) is 2.78. The molecule has 94 valence electrons. The van der Waals surface area contributed by atoms with E-state index >= 15 is 0 Å². The zero-order valence-electron chi connectivity index (χ0n) is 11.2. The summed E-state index contributed by atoms with van der Waals surface area (Å²) in [6, 6.07) is 0. The highest BCUT2D eigenvalue weighted by Crippen LogP contribution is 2.34. The summed E-state index contributed by atoms with van der Waals surface area (Å²) < 4.78 is 5.45. The molecule has 1 unspecified atom stereocenters. The molecule has 2 saturated heterocycles. The van der Waals surface area contributed by atoms with Crippen LogP contribution < -0.4 is 0 Å². The molecule has 2 nitrogen and oxygen atoms in total. The Bertz CT molecular complexity index is 207. The normalized spacial score (nSPS) is 29.8. The van der Waals surface area contributed by atoms with Gasteiger partial charge in [0.15, 0.2) is 0 Å². The molecule has 16 heavy (non-hydrogen) atoms. The molecule has 2 aliphatic rings. The smallest absolute Gasteiger partial charge is 0.0507 e. The van der Waals surface area contributed by atoms with Crippen LogP contribution in [0.2, 0.25) is 0 Å². The zero-order valence-corrected chi connectivity index (χ0v) is 11.2. The summed E-state index contributed by atoms with van der Waals surface area (Å²) in [5, 5.41) is 0. The van der Waals surface area contributed by atoms with Crippen LogP contribution >= 0.6 is 0 Å². The maximum absolute atomic E-state index is 5.45. The number of hydrogen-bond acceptors (Lipinski definition) is 2. The summed E-state index contributed by atoms with van der Waals surface area (Å²) in [5.74, 6) is 1.73. The first-order valence-corrected chi connectivity index (χ1v) is 6.86. The Morgan fingerprint density at radius 1 is 1.12 bits per heavy atom. The molecule has 2 rings (SSSR count). The largest absolute Gasteiger partial charge is 0.381 e. The Labute approximate surface area is 100 Å². The van der Waals surface area contributed by atoms with E-state index in [1.807, 2.05) is 0 Å². The van der Waals surface area contributed by atoms with Crippen molar-refractivity contribution in [3.8, 4) is 0 Å². The lowest BCUT2D eigenvalue weighted by atomic mass is 9.75. The van der Waals surface area contributed by atoms with E-state index in [1.54, 1.807) is 0 Å². The molecule has 2 fully saturated rings. The van der Waals surface area contributed by atoms with Crippen molar-refractivity contribution in [1.82, 2.24) is 4.90 Å². The third-order valence-corrected chi connectivity index (χ3v) is 4.35. The van der Waals surface area contributed by atoms with Crippen LogP contribution in [0.3, 0.4) is 0 Å². The van der Waals surface area contributed by atoms with E-state index in [1.165, 1.54) is 38.9 Å². The minimum absolute atomic E-state index is 0.503. The van der Waals surface area contributed by atoms with Crippen LogP contribution in [0.1, 0.15) is 40.0 Å². The van der Waals surface area contributed by atoms with Crippen molar-refractivity contribution < 1.29 is 4.74 Å². The van der Waals surface area contributed by atoms with Crippen LogP contribution in [0.4, 0.5) is 0 Å². The molecule has 0 amide bonds. The molecule has 2 heterocycles. The van der Waals surface area contributed by atoms with Gasteiger partial charge in [0.2, 0.25) is 0 Å². The summed E-state index contributed by atoms with van der Waals surface area (Å²) in [6.07, 6.45) is 4.05. The Morgan fingerprint density at radius 3 is 2.31 bits per heavy atom. The second-order valence-electron chi connectivity index (χ2n) is 6.67. The summed E-state index contributed by atoms with van der Waals surface area (Å²) >= 11 is 0. The molecule has 2 heteroatoms. The molecule has 0 aromatic heterocycles. The van der Waals surface area contributed by atoms with Crippen molar-refractivity contribution in [2.24, 2.45) is 17.3 Å². The quantitative estimate of drug-likeness (QED) is 0.716. The highest BCUT2D eigenvalue weighted by atomic mass is 16.5. The Morgan fingerprint density at radius 2 is 1.81 bits per heavy atom. The number of ether oxygens (including phenoxy) is 1. The van der Waals surface area contributed by atoms with Gasteiger partial charge in [0.25, 0.3) is 0 Å². The van der Waals surface area contributed by atoms with Gasteiger partial charge in [-0.15, -0.1) is 0 Å². The van der Waals surface area contributed by atoms with E-state index in [0.29, 0.717) is 5.41 Å². The second kappa shape index (κ2) is 5.05. The van der Waals surface area contributed by atoms with Gasteiger partial charge < -0.3 is 9.64 Å². The van der Waals surface area contributed by atoms with E-state index in [-0.39, 0.29) is 0 Å². The fourth-order valence-corrected chi connectivity index (χ4v) is 3.07. The molecule has 0 bridgehead atoms. The van der Waals surface area contributed by atoms with Crippen molar-refractivity contribution >= 4 is 0 Å².